The van der Waals surface area contributed by atoms with Crippen LogP contribution >= 0.6 is 0 Å². The van der Waals surface area contributed by atoms with E-state index in [0.29, 0.717) is 12.8 Å². The van der Waals surface area contributed by atoms with E-state index in [0.717, 1.165) is 154 Å². The molecule has 0 N–H and O–H groups in total. The molecule has 374 valence electrons. The number of rotatable bonds is 45. The molecule has 0 saturated heterocycles. The van der Waals surface area contributed by atoms with E-state index in [1.807, 2.05) is 12.2 Å². The van der Waals surface area contributed by atoms with Crippen LogP contribution in [-0.4, -0.2) is 37.2 Å². The lowest BCUT2D eigenvalue weighted by Gasteiger charge is -2.18. The number of carbonyl (C=O) groups excluding carboxylic acids is 3. The highest BCUT2D eigenvalue weighted by molar-refractivity contribution is 5.71. The summed E-state index contributed by atoms with van der Waals surface area (Å²) in [5.74, 6) is -1.06. The summed E-state index contributed by atoms with van der Waals surface area (Å²) in [6, 6.07) is 0. The number of hydrogen-bond acceptors (Lipinski definition) is 6. The van der Waals surface area contributed by atoms with E-state index in [1.165, 1.54) is 0 Å². The normalized spacial score (nSPS) is 13.3. The van der Waals surface area contributed by atoms with Crippen LogP contribution in [0.5, 0.6) is 0 Å². The maximum atomic E-state index is 12.8. The molecule has 0 aliphatic heterocycles. The number of allylic oxidation sites excluding steroid dienone is 24. The third-order valence-electron chi connectivity index (χ3n) is 10.3. The molecule has 0 aromatic rings. The van der Waals surface area contributed by atoms with Gasteiger partial charge in [-0.3, -0.25) is 14.4 Å². The summed E-state index contributed by atoms with van der Waals surface area (Å²) in [6.07, 6.45) is 77.0. The molecule has 0 bridgehead atoms. The number of ether oxygens (including phenoxy) is 3. The third-order valence-corrected chi connectivity index (χ3v) is 10.3. The van der Waals surface area contributed by atoms with Gasteiger partial charge >= 0.3 is 17.9 Å². The number of carbonyl (C=O) groups is 3. The number of hydrogen-bond donors (Lipinski definition) is 0. The molecule has 0 spiro atoms. The second kappa shape index (κ2) is 53.9. The van der Waals surface area contributed by atoms with Crippen LogP contribution in [0.15, 0.2) is 146 Å². The first-order valence-electron chi connectivity index (χ1n) is 26.3. The number of unbranched alkanes of at least 4 members (excludes halogenated alkanes) is 10. The van der Waals surface area contributed by atoms with Gasteiger partial charge in [0, 0.05) is 19.3 Å². The van der Waals surface area contributed by atoms with Crippen molar-refractivity contribution in [3.63, 3.8) is 0 Å². The zero-order valence-electron chi connectivity index (χ0n) is 42.6. The van der Waals surface area contributed by atoms with Crippen LogP contribution in [0, 0.1) is 0 Å². The van der Waals surface area contributed by atoms with E-state index in [1.54, 1.807) is 0 Å². The Morgan fingerprint density at radius 1 is 0.299 bits per heavy atom. The summed E-state index contributed by atoms with van der Waals surface area (Å²) in [5, 5.41) is 0. The monoisotopic (exact) mass is 923 g/mol. The Hall–Kier alpha value is -4.71. The smallest absolute Gasteiger partial charge is 0.306 e. The van der Waals surface area contributed by atoms with E-state index >= 15 is 0 Å². The average Bonchev–Trinajstić information content (AvgIpc) is 3.33. The molecule has 0 rings (SSSR count). The van der Waals surface area contributed by atoms with E-state index in [9.17, 15) is 14.4 Å². The maximum absolute atomic E-state index is 12.8. The summed E-state index contributed by atoms with van der Waals surface area (Å²) in [5.41, 5.74) is 0. The zero-order valence-corrected chi connectivity index (χ0v) is 42.6. The summed E-state index contributed by atoms with van der Waals surface area (Å²) in [7, 11) is 0. The predicted molar refractivity (Wildman–Crippen MR) is 288 cm³/mol. The molecule has 0 aromatic carbocycles. The standard InChI is InChI=1S/C61H94O6/c1-4-7-10-13-16-19-22-25-28-29-30-31-34-36-39-42-45-48-51-54-60(63)66-57-58(67-61(64)55-52-49-46-43-40-37-33-27-24-21-18-15-12-9-6-3)56-65-59(62)53-50-47-44-41-38-35-32-26-23-20-17-14-11-8-5-2/h7-12,16-21,25-28,30-33,36,39,45,48,58H,4-6,13-15,22-24,29,34-35,37-38,40-44,46-47,49-57H2,1-3H3/t58-/m1/s1. The van der Waals surface area contributed by atoms with Gasteiger partial charge in [-0.25, -0.2) is 0 Å². The van der Waals surface area contributed by atoms with E-state index < -0.39 is 6.10 Å². The Labute approximate surface area is 410 Å². The molecule has 1 atom stereocenters. The maximum Gasteiger partial charge on any atom is 0.306 e. The Morgan fingerprint density at radius 3 is 0.925 bits per heavy atom. The van der Waals surface area contributed by atoms with Gasteiger partial charge < -0.3 is 14.2 Å². The van der Waals surface area contributed by atoms with E-state index in [-0.39, 0.29) is 44.0 Å². The first-order valence-corrected chi connectivity index (χ1v) is 26.3. The molecule has 0 unspecified atom stereocenters. The van der Waals surface area contributed by atoms with Crippen molar-refractivity contribution in [2.45, 2.75) is 207 Å². The van der Waals surface area contributed by atoms with Crippen LogP contribution in [0.1, 0.15) is 201 Å². The van der Waals surface area contributed by atoms with Gasteiger partial charge in [0.25, 0.3) is 0 Å². The topological polar surface area (TPSA) is 78.9 Å². The Kier molecular flexibility index (Phi) is 50.1. The lowest BCUT2D eigenvalue weighted by molar-refractivity contribution is -0.166. The molecule has 0 fully saturated rings. The molecule has 0 aromatic heterocycles. The van der Waals surface area contributed by atoms with Gasteiger partial charge in [-0.05, 0) is 122 Å². The van der Waals surface area contributed by atoms with Crippen molar-refractivity contribution in [1.82, 2.24) is 0 Å². The first-order chi connectivity index (χ1) is 33.0. The molecular weight excluding hydrogens is 829 g/mol. The highest BCUT2D eigenvalue weighted by atomic mass is 16.6. The average molecular weight is 923 g/mol. The van der Waals surface area contributed by atoms with E-state index in [4.69, 9.17) is 14.2 Å². The largest absolute Gasteiger partial charge is 0.462 e. The fourth-order valence-electron chi connectivity index (χ4n) is 6.49. The highest BCUT2D eigenvalue weighted by Crippen LogP contribution is 2.12. The minimum Gasteiger partial charge on any atom is -0.462 e. The van der Waals surface area contributed by atoms with Crippen LogP contribution in [0.2, 0.25) is 0 Å². The van der Waals surface area contributed by atoms with Crippen molar-refractivity contribution < 1.29 is 28.6 Å². The van der Waals surface area contributed by atoms with Crippen molar-refractivity contribution in [2.75, 3.05) is 13.2 Å². The molecule has 0 saturated carbocycles. The SMILES string of the molecule is CCC=CCC=CCC=CCC=CCC=CCC=CCCC(=O)OC[C@@H](COC(=O)CCCCCCCC=CCC=CCC=CCC)OC(=O)CCCCCCCC=CCC=CCC=CCC. The predicted octanol–water partition coefficient (Wildman–Crippen LogP) is 17.6. The number of esters is 3. The minimum absolute atomic E-state index is 0.124. The van der Waals surface area contributed by atoms with Crippen molar-refractivity contribution in [3.8, 4) is 0 Å². The molecular formula is C61H94O6. The first kappa shape index (κ1) is 62.3. The van der Waals surface area contributed by atoms with Crippen LogP contribution in [-0.2, 0) is 28.6 Å². The van der Waals surface area contributed by atoms with Crippen LogP contribution in [0.4, 0.5) is 0 Å². The molecule has 0 radical (unpaired) electrons. The van der Waals surface area contributed by atoms with Crippen molar-refractivity contribution >= 4 is 17.9 Å². The van der Waals surface area contributed by atoms with Gasteiger partial charge in [0.2, 0.25) is 0 Å². The van der Waals surface area contributed by atoms with Gasteiger partial charge in [0.1, 0.15) is 13.2 Å². The molecule has 6 nitrogen and oxygen atoms in total. The van der Waals surface area contributed by atoms with Gasteiger partial charge in [0.15, 0.2) is 6.10 Å². The fraction of sp³-hybridized carbons (Fsp3) is 0.557. The molecule has 0 aliphatic carbocycles. The second-order valence-corrected chi connectivity index (χ2v) is 16.6. The molecule has 0 amide bonds. The fourth-order valence-corrected chi connectivity index (χ4v) is 6.49. The van der Waals surface area contributed by atoms with Crippen LogP contribution < -0.4 is 0 Å². The van der Waals surface area contributed by atoms with E-state index in [2.05, 4.69) is 154 Å². The second-order valence-electron chi connectivity index (χ2n) is 16.6. The van der Waals surface area contributed by atoms with Gasteiger partial charge in [-0.1, -0.05) is 205 Å². The van der Waals surface area contributed by atoms with Gasteiger partial charge in [-0.2, -0.15) is 0 Å². The summed E-state index contributed by atoms with van der Waals surface area (Å²) >= 11 is 0. The summed E-state index contributed by atoms with van der Waals surface area (Å²) in [4.78, 5) is 38.0. The highest BCUT2D eigenvalue weighted by Gasteiger charge is 2.19. The van der Waals surface area contributed by atoms with Crippen LogP contribution in [0.25, 0.3) is 0 Å². The Bertz CT molecular complexity index is 1530. The molecule has 67 heavy (non-hydrogen) atoms. The third kappa shape index (κ3) is 52.1. The molecule has 0 aliphatic rings. The molecule has 6 heteroatoms. The van der Waals surface area contributed by atoms with Crippen molar-refractivity contribution in [2.24, 2.45) is 0 Å². The lowest BCUT2D eigenvalue weighted by atomic mass is 10.1. The quantitative estimate of drug-likeness (QED) is 0.0262. The lowest BCUT2D eigenvalue weighted by Crippen LogP contribution is -2.30. The summed E-state index contributed by atoms with van der Waals surface area (Å²) < 4.78 is 16.7. The Morgan fingerprint density at radius 2 is 0.567 bits per heavy atom. The van der Waals surface area contributed by atoms with Gasteiger partial charge in [-0.15, -0.1) is 0 Å². The van der Waals surface area contributed by atoms with Crippen molar-refractivity contribution in [1.29, 1.82) is 0 Å². The van der Waals surface area contributed by atoms with Crippen molar-refractivity contribution in [3.05, 3.63) is 146 Å². The van der Waals surface area contributed by atoms with Gasteiger partial charge in [0.05, 0.1) is 0 Å². The molecule has 0 heterocycles. The summed E-state index contributed by atoms with van der Waals surface area (Å²) in [6.45, 7) is 6.18. The van der Waals surface area contributed by atoms with Crippen LogP contribution in [0.3, 0.4) is 0 Å². The zero-order chi connectivity index (χ0) is 48.6. The Balaban J connectivity index is 4.59. The minimum atomic E-state index is -0.831.